The molecule has 0 saturated heterocycles. The molecule has 1 aromatic rings. The summed E-state index contributed by atoms with van der Waals surface area (Å²) in [5.74, 6) is -0.910. The summed E-state index contributed by atoms with van der Waals surface area (Å²) in [5.41, 5.74) is 0.321. The number of carbonyl (C=O) groups excluding carboxylic acids is 2. The molecule has 2 aliphatic rings. The fourth-order valence-corrected chi connectivity index (χ4v) is 4.93. The Labute approximate surface area is 178 Å². The number of carbonyl (C=O) groups is 2. The first-order valence-corrected chi connectivity index (χ1v) is 11.0. The highest BCUT2D eigenvalue weighted by Crippen LogP contribution is 2.44. The number of aromatic hydroxyl groups is 1. The van der Waals surface area contributed by atoms with Gasteiger partial charge in [-0.3, -0.25) is 9.59 Å². The Morgan fingerprint density at radius 2 is 2.00 bits per heavy atom. The second-order valence-corrected chi connectivity index (χ2v) is 9.57. The fraction of sp³-hybridized carbons (Fsp3) is 0.667. The number of ether oxygens (including phenoxy) is 1. The standard InChI is InChI=1S/C24H34O6/c1-6-12(2)7-14(4)23(28)30-19-10-15-9-18(26)20-13(3)8-16(25)11-17(20)21(15)22(27)24(19,5)29/h9,12-14,16,19,25-26,29H,6-8,10-11H2,1-5H3/t12-,13+,14-,16-,19-,24-/m0/s1. The van der Waals surface area contributed by atoms with Gasteiger partial charge < -0.3 is 20.1 Å². The van der Waals surface area contributed by atoms with Gasteiger partial charge in [-0.05, 0) is 55.2 Å². The number of aliphatic hydroxyl groups excluding tert-OH is 1. The van der Waals surface area contributed by atoms with E-state index >= 15 is 0 Å². The lowest BCUT2D eigenvalue weighted by Crippen LogP contribution is -2.54. The van der Waals surface area contributed by atoms with E-state index in [-0.39, 0.29) is 30.4 Å². The maximum atomic E-state index is 13.3. The molecular formula is C24H34O6. The summed E-state index contributed by atoms with van der Waals surface area (Å²) in [6, 6.07) is 1.55. The average molecular weight is 419 g/mol. The molecule has 0 unspecified atom stereocenters. The first-order chi connectivity index (χ1) is 14.0. The van der Waals surface area contributed by atoms with Crippen molar-refractivity contribution in [3.8, 4) is 5.75 Å². The van der Waals surface area contributed by atoms with Gasteiger partial charge in [0.15, 0.2) is 11.4 Å². The molecule has 0 aliphatic heterocycles. The smallest absolute Gasteiger partial charge is 0.309 e. The third-order valence-corrected chi connectivity index (χ3v) is 6.93. The van der Waals surface area contributed by atoms with Crippen LogP contribution in [0.2, 0.25) is 0 Å². The predicted octanol–water partition coefficient (Wildman–Crippen LogP) is 3.28. The maximum absolute atomic E-state index is 13.3. The number of benzene rings is 1. The largest absolute Gasteiger partial charge is 0.508 e. The molecule has 3 N–H and O–H groups in total. The molecule has 0 saturated carbocycles. The summed E-state index contributed by atoms with van der Waals surface area (Å²) in [4.78, 5) is 25.9. The summed E-state index contributed by atoms with van der Waals surface area (Å²) in [7, 11) is 0. The minimum Gasteiger partial charge on any atom is -0.508 e. The van der Waals surface area contributed by atoms with Gasteiger partial charge in [-0.25, -0.2) is 0 Å². The monoisotopic (exact) mass is 418 g/mol. The summed E-state index contributed by atoms with van der Waals surface area (Å²) in [6.07, 6.45) is 0.924. The lowest BCUT2D eigenvalue weighted by Gasteiger charge is -2.39. The number of fused-ring (bicyclic) bond motifs is 3. The topological polar surface area (TPSA) is 104 Å². The Bertz CT molecular complexity index is 843. The van der Waals surface area contributed by atoms with Crippen LogP contribution in [-0.2, 0) is 22.4 Å². The molecule has 0 spiro atoms. The Morgan fingerprint density at radius 3 is 2.63 bits per heavy atom. The minimum atomic E-state index is -1.87. The van der Waals surface area contributed by atoms with Gasteiger partial charge in [0.25, 0.3) is 0 Å². The Kier molecular flexibility index (Phi) is 6.30. The molecule has 0 fully saturated rings. The van der Waals surface area contributed by atoms with E-state index in [0.717, 1.165) is 6.42 Å². The van der Waals surface area contributed by atoms with E-state index in [0.29, 0.717) is 41.0 Å². The molecular weight excluding hydrogens is 384 g/mol. The van der Waals surface area contributed by atoms with Gasteiger partial charge in [0, 0.05) is 17.5 Å². The van der Waals surface area contributed by atoms with Crippen molar-refractivity contribution in [1.29, 1.82) is 0 Å². The number of phenolic OH excluding ortho intramolecular Hbond substituents is 1. The van der Waals surface area contributed by atoms with E-state index in [2.05, 4.69) is 13.8 Å². The average Bonchev–Trinajstić information content (AvgIpc) is 2.65. The van der Waals surface area contributed by atoms with E-state index in [1.54, 1.807) is 13.0 Å². The summed E-state index contributed by atoms with van der Waals surface area (Å²) in [6.45, 7) is 9.23. The van der Waals surface area contributed by atoms with Crippen LogP contribution in [0.25, 0.3) is 0 Å². The number of aliphatic hydroxyl groups is 2. The number of hydrogen-bond acceptors (Lipinski definition) is 6. The number of ketones is 1. The Balaban J connectivity index is 1.94. The minimum absolute atomic E-state index is 0.0905. The molecule has 0 amide bonds. The van der Waals surface area contributed by atoms with Crippen LogP contribution < -0.4 is 0 Å². The second kappa shape index (κ2) is 8.31. The highest BCUT2D eigenvalue weighted by Gasteiger charge is 2.49. The molecule has 0 aromatic heterocycles. The highest BCUT2D eigenvalue weighted by atomic mass is 16.6. The molecule has 2 aliphatic carbocycles. The second-order valence-electron chi connectivity index (χ2n) is 9.57. The van der Waals surface area contributed by atoms with E-state index in [1.165, 1.54) is 6.92 Å². The molecule has 6 nitrogen and oxygen atoms in total. The van der Waals surface area contributed by atoms with E-state index < -0.39 is 29.6 Å². The van der Waals surface area contributed by atoms with Crippen LogP contribution in [0.4, 0.5) is 0 Å². The first kappa shape index (κ1) is 22.8. The van der Waals surface area contributed by atoms with Gasteiger partial charge in [0.05, 0.1) is 12.0 Å². The maximum Gasteiger partial charge on any atom is 0.309 e. The van der Waals surface area contributed by atoms with Gasteiger partial charge in [-0.1, -0.05) is 34.1 Å². The Hall–Kier alpha value is -1.92. The van der Waals surface area contributed by atoms with E-state index in [4.69, 9.17) is 4.74 Å². The van der Waals surface area contributed by atoms with Crippen molar-refractivity contribution in [2.75, 3.05) is 0 Å². The number of rotatable bonds is 5. The predicted molar refractivity (Wildman–Crippen MR) is 113 cm³/mol. The zero-order valence-electron chi connectivity index (χ0n) is 18.6. The lowest BCUT2D eigenvalue weighted by molar-refractivity contribution is -0.164. The summed E-state index contributed by atoms with van der Waals surface area (Å²) >= 11 is 0. The highest BCUT2D eigenvalue weighted by molar-refractivity contribution is 6.07. The van der Waals surface area contributed by atoms with Crippen LogP contribution in [0, 0.1) is 11.8 Å². The number of esters is 1. The van der Waals surface area contributed by atoms with Crippen molar-refractivity contribution in [3.05, 3.63) is 28.3 Å². The zero-order chi connectivity index (χ0) is 22.4. The first-order valence-electron chi connectivity index (χ1n) is 11.0. The van der Waals surface area contributed by atoms with Gasteiger partial charge in [-0.15, -0.1) is 0 Å². The summed E-state index contributed by atoms with van der Waals surface area (Å²) < 4.78 is 5.63. The van der Waals surface area contributed by atoms with E-state index in [1.807, 2.05) is 6.92 Å². The normalized spacial score (nSPS) is 30.2. The van der Waals surface area contributed by atoms with Gasteiger partial charge in [-0.2, -0.15) is 0 Å². The summed E-state index contributed by atoms with van der Waals surface area (Å²) in [5, 5.41) is 31.9. The molecule has 6 heteroatoms. The van der Waals surface area contributed by atoms with Crippen molar-refractivity contribution in [1.82, 2.24) is 0 Å². The SMILES string of the molecule is CC[C@H](C)C[C@H](C)C(=O)O[C@H]1Cc2cc(O)c3c(c2C(=O)[C@@]1(C)O)C[C@@H](O)C[C@H]3C. The van der Waals surface area contributed by atoms with E-state index in [9.17, 15) is 24.9 Å². The van der Waals surface area contributed by atoms with Crippen LogP contribution in [0.3, 0.4) is 0 Å². The molecule has 1 aromatic carbocycles. The molecule has 6 atom stereocenters. The number of Topliss-reactive ketones (excluding diaryl/α,β-unsaturated/α-hetero) is 1. The third kappa shape index (κ3) is 4.00. The van der Waals surface area contributed by atoms with Crippen LogP contribution >= 0.6 is 0 Å². The number of hydrogen-bond donors (Lipinski definition) is 3. The molecule has 0 radical (unpaired) electrons. The van der Waals surface area contributed by atoms with Crippen molar-refractivity contribution < 1.29 is 29.6 Å². The number of phenols is 1. The molecule has 3 rings (SSSR count). The lowest BCUT2D eigenvalue weighted by atomic mass is 9.71. The third-order valence-electron chi connectivity index (χ3n) is 6.93. The zero-order valence-corrected chi connectivity index (χ0v) is 18.6. The van der Waals surface area contributed by atoms with Crippen LogP contribution in [-0.4, -0.2) is 44.9 Å². The van der Waals surface area contributed by atoms with Crippen LogP contribution in [0.1, 0.15) is 86.8 Å². The Morgan fingerprint density at radius 1 is 1.33 bits per heavy atom. The van der Waals surface area contributed by atoms with Crippen molar-refractivity contribution in [3.63, 3.8) is 0 Å². The van der Waals surface area contributed by atoms with Crippen LogP contribution in [0.15, 0.2) is 6.07 Å². The van der Waals surface area contributed by atoms with Gasteiger partial charge in [0.1, 0.15) is 11.9 Å². The van der Waals surface area contributed by atoms with Crippen molar-refractivity contribution >= 4 is 11.8 Å². The quantitative estimate of drug-likeness (QED) is 0.634. The van der Waals surface area contributed by atoms with Crippen molar-refractivity contribution in [2.45, 2.75) is 90.4 Å². The molecule has 0 heterocycles. The van der Waals surface area contributed by atoms with Crippen molar-refractivity contribution in [2.24, 2.45) is 11.8 Å². The molecule has 30 heavy (non-hydrogen) atoms. The van der Waals surface area contributed by atoms with Gasteiger partial charge in [0.2, 0.25) is 0 Å². The molecule has 166 valence electrons. The van der Waals surface area contributed by atoms with Gasteiger partial charge >= 0.3 is 5.97 Å². The van der Waals surface area contributed by atoms with Crippen LogP contribution in [0.5, 0.6) is 5.75 Å². The fourth-order valence-electron chi connectivity index (χ4n) is 4.93. The molecule has 0 bridgehead atoms.